The van der Waals surface area contributed by atoms with Gasteiger partial charge in [0.05, 0.1) is 11.1 Å². The average molecular weight is 201 g/mol. The molecule has 1 unspecified atom stereocenters. The monoisotopic (exact) mass is 200 g/mol. The van der Waals surface area contributed by atoms with E-state index in [1.807, 2.05) is 6.92 Å². The Bertz CT molecular complexity index is 278. The van der Waals surface area contributed by atoms with E-state index >= 15 is 0 Å². The molecule has 1 heterocycles. The van der Waals surface area contributed by atoms with Gasteiger partial charge in [-0.25, -0.2) is 4.98 Å². The number of alkyl halides is 1. The maximum Gasteiger partial charge on any atom is 0.106 e. The molecule has 1 aromatic rings. The van der Waals surface area contributed by atoms with E-state index in [4.69, 9.17) is 11.6 Å². The minimum absolute atomic E-state index is 0.0246. The lowest BCUT2D eigenvalue weighted by Gasteiger charge is -2.10. The lowest BCUT2D eigenvalue weighted by molar-refractivity contribution is 0.611. The van der Waals surface area contributed by atoms with Crippen LogP contribution in [0.15, 0.2) is 0 Å². The molecule has 0 aromatic carbocycles. The predicted octanol–water partition coefficient (Wildman–Crippen LogP) is 3.22. The summed E-state index contributed by atoms with van der Waals surface area (Å²) >= 11 is 6.23. The molecule has 0 aliphatic rings. The molecule has 0 aliphatic heterocycles. The Morgan fingerprint density at radius 3 is 2.46 bits per heavy atom. The van der Waals surface area contributed by atoms with Crippen LogP contribution in [-0.2, 0) is 6.42 Å². The van der Waals surface area contributed by atoms with Crippen molar-refractivity contribution in [2.75, 3.05) is 0 Å². The van der Waals surface area contributed by atoms with Crippen LogP contribution in [0.5, 0.6) is 0 Å². The number of halogens is 1. The van der Waals surface area contributed by atoms with Gasteiger partial charge in [-0.05, 0) is 12.8 Å². The quantitative estimate of drug-likeness (QED) is 0.746. The van der Waals surface area contributed by atoms with Crippen LogP contribution >= 0.6 is 11.6 Å². The number of nitrogens with one attached hydrogen (secondary N) is 1. The first kappa shape index (κ1) is 10.6. The summed E-state index contributed by atoms with van der Waals surface area (Å²) in [4.78, 5) is 7.70. The number of aryl methyl sites for hydroxylation is 2. The molecular formula is C10H17ClN2. The molecule has 0 radical (unpaired) electrons. The summed E-state index contributed by atoms with van der Waals surface area (Å²) in [5.74, 6) is 1.45. The van der Waals surface area contributed by atoms with Crippen molar-refractivity contribution in [3.63, 3.8) is 0 Å². The largest absolute Gasteiger partial charge is 0.346 e. The average Bonchev–Trinajstić information content (AvgIpc) is 2.45. The van der Waals surface area contributed by atoms with Gasteiger partial charge < -0.3 is 4.98 Å². The second-order valence-electron chi connectivity index (χ2n) is 3.69. The van der Waals surface area contributed by atoms with Crippen LogP contribution < -0.4 is 0 Å². The van der Waals surface area contributed by atoms with Crippen molar-refractivity contribution < 1.29 is 0 Å². The number of aromatic nitrogens is 2. The van der Waals surface area contributed by atoms with Gasteiger partial charge in [-0.2, -0.15) is 0 Å². The highest BCUT2D eigenvalue weighted by Crippen LogP contribution is 2.29. The van der Waals surface area contributed by atoms with E-state index in [0.717, 1.165) is 23.6 Å². The number of rotatable bonds is 3. The van der Waals surface area contributed by atoms with E-state index in [9.17, 15) is 0 Å². The number of nitrogens with zero attached hydrogens (tertiary/aromatic N) is 1. The summed E-state index contributed by atoms with van der Waals surface area (Å²) < 4.78 is 0. The van der Waals surface area contributed by atoms with Crippen molar-refractivity contribution in [2.24, 2.45) is 5.92 Å². The van der Waals surface area contributed by atoms with Crippen molar-refractivity contribution in [1.29, 1.82) is 0 Å². The van der Waals surface area contributed by atoms with Crippen LogP contribution in [-0.4, -0.2) is 9.97 Å². The molecule has 0 amide bonds. The minimum Gasteiger partial charge on any atom is -0.346 e. The van der Waals surface area contributed by atoms with Crippen LogP contribution in [0.3, 0.4) is 0 Å². The smallest absolute Gasteiger partial charge is 0.106 e. The third kappa shape index (κ3) is 2.25. The number of imidazole rings is 1. The second-order valence-corrected chi connectivity index (χ2v) is 4.16. The maximum atomic E-state index is 6.23. The van der Waals surface area contributed by atoms with Gasteiger partial charge >= 0.3 is 0 Å². The molecule has 0 saturated heterocycles. The van der Waals surface area contributed by atoms with Gasteiger partial charge in [-0.3, -0.25) is 0 Å². The zero-order chi connectivity index (χ0) is 10.0. The van der Waals surface area contributed by atoms with Crippen LogP contribution in [0.4, 0.5) is 0 Å². The topological polar surface area (TPSA) is 28.7 Å². The SMILES string of the molecule is CCc1nc(C(Cl)C(C)C)c(C)[nH]1. The van der Waals surface area contributed by atoms with E-state index in [2.05, 4.69) is 30.7 Å². The number of H-pyrrole nitrogens is 1. The van der Waals surface area contributed by atoms with Crippen molar-refractivity contribution in [3.05, 3.63) is 17.2 Å². The summed E-state index contributed by atoms with van der Waals surface area (Å²) in [6.45, 7) is 8.33. The number of hydrogen-bond acceptors (Lipinski definition) is 1. The Morgan fingerprint density at radius 2 is 2.08 bits per heavy atom. The van der Waals surface area contributed by atoms with Gasteiger partial charge in [0.1, 0.15) is 5.82 Å². The zero-order valence-electron chi connectivity index (χ0n) is 8.69. The molecule has 2 nitrogen and oxygen atoms in total. The highest BCUT2D eigenvalue weighted by Gasteiger charge is 2.18. The minimum atomic E-state index is 0.0246. The van der Waals surface area contributed by atoms with Crippen LogP contribution in [0.2, 0.25) is 0 Å². The fraction of sp³-hybridized carbons (Fsp3) is 0.700. The molecule has 74 valence electrons. The summed E-state index contributed by atoms with van der Waals surface area (Å²) in [5.41, 5.74) is 2.11. The summed E-state index contributed by atoms with van der Waals surface area (Å²) in [7, 11) is 0. The van der Waals surface area contributed by atoms with Gasteiger partial charge in [-0.15, -0.1) is 11.6 Å². The number of hydrogen-bond donors (Lipinski definition) is 1. The first-order chi connectivity index (χ1) is 6.06. The highest BCUT2D eigenvalue weighted by atomic mass is 35.5. The summed E-state index contributed by atoms with van der Waals surface area (Å²) in [6.07, 6.45) is 0.933. The third-order valence-electron chi connectivity index (χ3n) is 2.15. The van der Waals surface area contributed by atoms with Gasteiger partial charge in [0.25, 0.3) is 0 Å². The fourth-order valence-corrected chi connectivity index (χ4v) is 1.50. The molecule has 0 fully saturated rings. The van der Waals surface area contributed by atoms with E-state index in [-0.39, 0.29) is 5.38 Å². The van der Waals surface area contributed by atoms with Crippen molar-refractivity contribution >= 4 is 11.6 Å². The van der Waals surface area contributed by atoms with Crippen LogP contribution in [0.1, 0.15) is 43.4 Å². The Labute approximate surface area is 84.7 Å². The Kier molecular flexibility index (Phi) is 3.37. The Morgan fingerprint density at radius 1 is 1.46 bits per heavy atom. The van der Waals surface area contributed by atoms with Gasteiger partial charge in [0, 0.05) is 12.1 Å². The highest BCUT2D eigenvalue weighted by molar-refractivity contribution is 6.20. The third-order valence-corrected chi connectivity index (χ3v) is 2.86. The molecular weight excluding hydrogens is 184 g/mol. The van der Waals surface area contributed by atoms with E-state index < -0.39 is 0 Å². The van der Waals surface area contributed by atoms with Crippen molar-refractivity contribution in [1.82, 2.24) is 9.97 Å². The lowest BCUT2D eigenvalue weighted by atomic mass is 10.1. The molecule has 0 aliphatic carbocycles. The van der Waals surface area contributed by atoms with Crippen molar-refractivity contribution in [3.8, 4) is 0 Å². The summed E-state index contributed by atoms with van der Waals surface area (Å²) in [6, 6.07) is 0. The first-order valence-corrected chi connectivity index (χ1v) is 5.19. The van der Waals surface area contributed by atoms with Gasteiger partial charge in [0.15, 0.2) is 0 Å². The first-order valence-electron chi connectivity index (χ1n) is 4.75. The Balaban J connectivity index is 2.93. The van der Waals surface area contributed by atoms with E-state index in [1.54, 1.807) is 0 Å². The molecule has 1 rings (SSSR count). The summed E-state index contributed by atoms with van der Waals surface area (Å²) in [5, 5.41) is 0.0246. The van der Waals surface area contributed by atoms with Crippen molar-refractivity contribution in [2.45, 2.75) is 39.5 Å². The molecule has 1 aromatic heterocycles. The molecule has 3 heteroatoms. The second kappa shape index (κ2) is 4.14. The molecule has 1 N–H and O–H groups in total. The maximum absolute atomic E-state index is 6.23. The fourth-order valence-electron chi connectivity index (χ4n) is 1.29. The molecule has 13 heavy (non-hydrogen) atoms. The van der Waals surface area contributed by atoms with Gasteiger partial charge in [-0.1, -0.05) is 20.8 Å². The normalized spacial score (nSPS) is 13.7. The predicted molar refractivity (Wildman–Crippen MR) is 56.1 cm³/mol. The van der Waals surface area contributed by atoms with E-state index in [1.165, 1.54) is 0 Å². The van der Waals surface area contributed by atoms with Crippen LogP contribution in [0.25, 0.3) is 0 Å². The Hall–Kier alpha value is -0.500. The molecule has 0 saturated carbocycles. The zero-order valence-corrected chi connectivity index (χ0v) is 9.44. The molecule has 1 atom stereocenters. The standard InChI is InChI=1S/C10H17ClN2/c1-5-8-12-7(4)10(13-8)9(11)6(2)3/h6,9H,5H2,1-4H3,(H,12,13). The molecule has 0 bridgehead atoms. The van der Waals surface area contributed by atoms with Gasteiger partial charge in [0.2, 0.25) is 0 Å². The van der Waals surface area contributed by atoms with E-state index in [0.29, 0.717) is 5.92 Å². The van der Waals surface area contributed by atoms with Crippen LogP contribution in [0, 0.1) is 12.8 Å². The lowest BCUT2D eigenvalue weighted by Crippen LogP contribution is -2.01. The molecule has 0 spiro atoms. The number of aromatic amines is 1.